The first kappa shape index (κ1) is 20.9. The number of anilines is 1. The van der Waals surface area contributed by atoms with Crippen LogP contribution in [0, 0.1) is 5.92 Å². The highest BCUT2D eigenvalue weighted by Gasteiger charge is 2.37. The quantitative estimate of drug-likeness (QED) is 0.777. The standard InChI is InChI=1S/C24H28ClN3O2/c25-20-11-6-12-21(17-20)26-23(29)22(18-7-4-5-8-18)27-13-15-28(16-14-27)24(30)19-9-2-1-3-10-19/h1-3,6,9-12,17-18,22H,4-5,7-8,13-16H2,(H,26,29). The van der Waals surface area contributed by atoms with Crippen molar-refractivity contribution >= 4 is 29.1 Å². The summed E-state index contributed by atoms with van der Waals surface area (Å²) in [4.78, 5) is 30.2. The maximum Gasteiger partial charge on any atom is 0.253 e. The van der Waals surface area contributed by atoms with Crippen LogP contribution in [0.4, 0.5) is 5.69 Å². The van der Waals surface area contributed by atoms with Gasteiger partial charge in [-0.3, -0.25) is 14.5 Å². The molecule has 2 fully saturated rings. The maximum atomic E-state index is 13.3. The first-order valence-electron chi connectivity index (χ1n) is 10.8. The van der Waals surface area contributed by atoms with Crippen LogP contribution in [0.3, 0.4) is 0 Å². The third-order valence-electron chi connectivity index (χ3n) is 6.22. The molecule has 5 nitrogen and oxygen atoms in total. The van der Waals surface area contributed by atoms with Crippen LogP contribution < -0.4 is 5.32 Å². The Balaban J connectivity index is 1.43. The smallest absolute Gasteiger partial charge is 0.253 e. The van der Waals surface area contributed by atoms with Gasteiger partial charge in [-0.1, -0.05) is 48.7 Å². The van der Waals surface area contributed by atoms with Gasteiger partial charge in [0, 0.05) is 42.5 Å². The molecule has 158 valence electrons. The van der Waals surface area contributed by atoms with E-state index in [0.717, 1.165) is 24.1 Å². The van der Waals surface area contributed by atoms with E-state index in [1.807, 2.05) is 47.4 Å². The zero-order valence-electron chi connectivity index (χ0n) is 17.1. The molecule has 1 N–H and O–H groups in total. The Kier molecular flexibility index (Phi) is 6.70. The first-order chi connectivity index (χ1) is 14.6. The molecule has 0 aromatic heterocycles. The van der Waals surface area contributed by atoms with E-state index >= 15 is 0 Å². The zero-order valence-corrected chi connectivity index (χ0v) is 17.9. The second-order valence-corrected chi connectivity index (χ2v) is 8.62. The van der Waals surface area contributed by atoms with Gasteiger partial charge in [-0.15, -0.1) is 0 Å². The molecule has 1 aliphatic carbocycles. The van der Waals surface area contributed by atoms with E-state index in [4.69, 9.17) is 11.6 Å². The highest BCUT2D eigenvalue weighted by atomic mass is 35.5. The summed E-state index contributed by atoms with van der Waals surface area (Å²) in [6, 6.07) is 16.5. The minimum atomic E-state index is -0.166. The molecule has 1 saturated heterocycles. The van der Waals surface area contributed by atoms with Crippen molar-refractivity contribution in [2.45, 2.75) is 31.7 Å². The monoisotopic (exact) mass is 425 g/mol. The van der Waals surface area contributed by atoms with Gasteiger partial charge in [-0.2, -0.15) is 0 Å². The molecular formula is C24H28ClN3O2. The van der Waals surface area contributed by atoms with Crippen LogP contribution in [0.15, 0.2) is 54.6 Å². The highest BCUT2D eigenvalue weighted by molar-refractivity contribution is 6.30. The molecule has 0 bridgehead atoms. The van der Waals surface area contributed by atoms with Gasteiger partial charge in [0.2, 0.25) is 5.91 Å². The van der Waals surface area contributed by atoms with Gasteiger partial charge in [0.05, 0.1) is 6.04 Å². The molecule has 1 atom stereocenters. The molecule has 1 heterocycles. The second kappa shape index (κ2) is 9.63. The molecule has 4 rings (SSSR count). The van der Waals surface area contributed by atoms with Crippen LogP contribution in [0.5, 0.6) is 0 Å². The Labute approximate surface area is 183 Å². The lowest BCUT2D eigenvalue weighted by Crippen LogP contribution is -2.56. The van der Waals surface area contributed by atoms with Crippen molar-refractivity contribution in [1.82, 2.24) is 9.80 Å². The lowest BCUT2D eigenvalue weighted by Gasteiger charge is -2.40. The molecule has 1 unspecified atom stereocenters. The number of hydrogen-bond acceptors (Lipinski definition) is 3. The molecule has 0 spiro atoms. The number of nitrogens with zero attached hydrogens (tertiary/aromatic N) is 2. The van der Waals surface area contributed by atoms with E-state index in [-0.39, 0.29) is 17.9 Å². The third kappa shape index (κ3) is 4.85. The number of nitrogens with one attached hydrogen (secondary N) is 1. The number of hydrogen-bond donors (Lipinski definition) is 1. The van der Waals surface area contributed by atoms with Crippen molar-refractivity contribution in [2.75, 3.05) is 31.5 Å². The van der Waals surface area contributed by atoms with Crippen LogP contribution in [0.2, 0.25) is 5.02 Å². The van der Waals surface area contributed by atoms with Crippen LogP contribution in [-0.4, -0.2) is 53.8 Å². The van der Waals surface area contributed by atoms with Gasteiger partial charge in [0.25, 0.3) is 5.91 Å². The number of carbonyl (C=O) groups is 2. The van der Waals surface area contributed by atoms with E-state index in [1.54, 1.807) is 12.1 Å². The summed E-state index contributed by atoms with van der Waals surface area (Å²) in [6.07, 6.45) is 4.52. The molecule has 1 saturated carbocycles. The predicted octanol–water partition coefficient (Wildman–Crippen LogP) is 4.30. The van der Waals surface area contributed by atoms with E-state index < -0.39 is 0 Å². The van der Waals surface area contributed by atoms with Gasteiger partial charge >= 0.3 is 0 Å². The van der Waals surface area contributed by atoms with Crippen LogP contribution >= 0.6 is 11.6 Å². The summed E-state index contributed by atoms with van der Waals surface area (Å²) in [6.45, 7) is 2.70. The zero-order chi connectivity index (χ0) is 20.9. The average Bonchev–Trinajstić information content (AvgIpc) is 3.29. The van der Waals surface area contributed by atoms with E-state index in [9.17, 15) is 9.59 Å². The Morgan fingerprint density at radius 1 is 0.933 bits per heavy atom. The van der Waals surface area contributed by atoms with Crippen molar-refractivity contribution < 1.29 is 9.59 Å². The second-order valence-electron chi connectivity index (χ2n) is 8.18. The lowest BCUT2D eigenvalue weighted by molar-refractivity contribution is -0.123. The van der Waals surface area contributed by atoms with Gasteiger partial charge in [-0.05, 0) is 49.1 Å². The maximum absolute atomic E-state index is 13.3. The highest BCUT2D eigenvalue weighted by Crippen LogP contribution is 2.32. The van der Waals surface area contributed by atoms with Crippen molar-refractivity contribution in [2.24, 2.45) is 5.92 Å². The van der Waals surface area contributed by atoms with Crippen LogP contribution in [-0.2, 0) is 4.79 Å². The molecule has 1 aliphatic heterocycles. The van der Waals surface area contributed by atoms with Crippen molar-refractivity contribution in [3.63, 3.8) is 0 Å². The van der Waals surface area contributed by atoms with Crippen molar-refractivity contribution in [3.05, 3.63) is 65.2 Å². The predicted molar refractivity (Wildman–Crippen MR) is 120 cm³/mol. The Hall–Kier alpha value is -2.37. The number of amides is 2. The van der Waals surface area contributed by atoms with Crippen LogP contribution in [0.1, 0.15) is 36.0 Å². The average molecular weight is 426 g/mol. The Morgan fingerprint density at radius 3 is 2.30 bits per heavy atom. The Morgan fingerprint density at radius 2 is 1.63 bits per heavy atom. The fourth-order valence-electron chi connectivity index (χ4n) is 4.70. The van der Waals surface area contributed by atoms with Gasteiger partial charge in [0.15, 0.2) is 0 Å². The van der Waals surface area contributed by atoms with Gasteiger partial charge in [0.1, 0.15) is 0 Å². The van der Waals surface area contributed by atoms with Gasteiger partial charge < -0.3 is 10.2 Å². The fraction of sp³-hybridized carbons (Fsp3) is 0.417. The third-order valence-corrected chi connectivity index (χ3v) is 6.46. The molecule has 2 aromatic rings. The normalized spacial score (nSPS) is 18.9. The van der Waals surface area contributed by atoms with E-state index in [1.165, 1.54) is 12.8 Å². The minimum absolute atomic E-state index is 0.0343. The SMILES string of the molecule is O=C(Nc1cccc(Cl)c1)C(C1CCCC1)N1CCN(C(=O)c2ccccc2)CC1. The Bertz CT molecular complexity index is 875. The van der Waals surface area contributed by atoms with E-state index in [2.05, 4.69) is 10.2 Å². The number of carbonyl (C=O) groups excluding carboxylic acids is 2. The summed E-state index contributed by atoms with van der Waals surface area (Å²) >= 11 is 6.08. The summed E-state index contributed by atoms with van der Waals surface area (Å²) in [7, 11) is 0. The van der Waals surface area contributed by atoms with Gasteiger partial charge in [-0.25, -0.2) is 0 Å². The lowest BCUT2D eigenvalue weighted by atomic mass is 9.94. The number of benzene rings is 2. The summed E-state index contributed by atoms with van der Waals surface area (Å²) in [5, 5.41) is 3.68. The summed E-state index contributed by atoms with van der Waals surface area (Å²) < 4.78 is 0. The summed E-state index contributed by atoms with van der Waals surface area (Å²) in [5.74, 6) is 0.462. The number of rotatable bonds is 5. The topological polar surface area (TPSA) is 52.7 Å². The van der Waals surface area contributed by atoms with Crippen molar-refractivity contribution in [3.8, 4) is 0 Å². The molecular weight excluding hydrogens is 398 g/mol. The molecule has 2 aromatic carbocycles. The van der Waals surface area contributed by atoms with Crippen molar-refractivity contribution in [1.29, 1.82) is 0 Å². The largest absolute Gasteiger partial charge is 0.336 e. The number of halogens is 1. The summed E-state index contributed by atoms with van der Waals surface area (Å²) in [5.41, 5.74) is 1.45. The fourth-order valence-corrected chi connectivity index (χ4v) is 4.89. The first-order valence-corrected chi connectivity index (χ1v) is 11.1. The molecule has 6 heteroatoms. The molecule has 0 radical (unpaired) electrons. The van der Waals surface area contributed by atoms with E-state index in [0.29, 0.717) is 37.1 Å². The van der Waals surface area contributed by atoms with Crippen LogP contribution in [0.25, 0.3) is 0 Å². The molecule has 2 aliphatic rings. The molecule has 2 amide bonds. The number of piperazine rings is 1. The minimum Gasteiger partial charge on any atom is -0.336 e. The molecule has 30 heavy (non-hydrogen) atoms.